The molecule has 0 saturated carbocycles. The Labute approximate surface area is 151 Å². The van der Waals surface area contributed by atoms with Crippen LogP contribution in [0.1, 0.15) is 39.2 Å². The van der Waals surface area contributed by atoms with Gasteiger partial charge in [-0.3, -0.25) is 9.59 Å². The predicted molar refractivity (Wildman–Crippen MR) is 94.7 cm³/mol. The maximum absolute atomic E-state index is 12.5. The number of rotatable bonds is 9. The minimum atomic E-state index is -2.33. The van der Waals surface area contributed by atoms with Crippen molar-refractivity contribution in [1.29, 1.82) is 0 Å². The van der Waals surface area contributed by atoms with Gasteiger partial charge in [0.05, 0.1) is 0 Å². The van der Waals surface area contributed by atoms with Crippen LogP contribution in [0.2, 0.25) is 0 Å². The van der Waals surface area contributed by atoms with E-state index in [9.17, 15) is 29.4 Å². The molecular formula is C18H24N2O6. The molecule has 1 aromatic carbocycles. The van der Waals surface area contributed by atoms with Crippen molar-refractivity contribution in [3.63, 3.8) is 0 Å². The van der Waals surface area contributed by atoms with Crippen LogP contribution in [0, 0.1) is 5.92 Å². The number of carbonyl (C=O) groups excluding carboxylic acids is 2. The van der Waals surface area contributed by atoms with Crippen LogP contribution in [-0.2, 0) is 25.6 Å². The second-order valence-electron chi connectivity index (χ2n) is 6.05. The molecule has 0 radical (unpaired) electrons. The lowest BCUT2D eigenvalue weighted by Gasteiger charge is -2.27. The maximum Gasteiger partial charge on any atom is 0.341 e. The lowest BCUT2D eigenvalue weighted by Crippen LogP contribution is -2.61. The van der Waals surface area contributed by atoms with E-state index in [-0.39, 0.29) is 12.3 Å². The van der Waals surface area contributed by atoms with Gasteiger partial charge in [0.1, 0.15) is 0 Å². The number of anilines is 1. The first-order valence-corrected chi connectivity index (χ1v) is 8.31. The highest BCUT2D eigenvalue weighted by Gasteiger charge is 2.47. The number of carbonyl (C=O) groups is 4. The van der Waals surface area contributed by atoms with Crippen LogP contribution in [0.4, 0.5) is 5.69 Å². The van der Waals surface area contributed by atoms with E-state index in [0.29, 0.717) is 18.5 Å². The van der Waals surface area contributed by atoms with E-state index in [2.05, 4.69) is 10.6 Å². The zero-order chi connectivity index (χ0) is 19.9. The largest absolute Gasteiger partial charge is 0.479 e. The minimum absolute atomic E-state index is 0.193. The van der Waals surface area contributed by atoms with Crippen molar-refractivity contribution in [2.24, 2.45) is 5.92 Å². The molecule has 1 unspecified atom stereocenters. The fraction of sp³-hybridized carbons (Fsp3) is 0.444. The normalized spacial score (nSPS) is 12.1. The van der Waals surface area contributed by atoms with Crippen LogP contribution in [0.3, 0.4) is 0 Å². The highest BCUT2D eigenvalue weighted by molar-refractivity contribution is 6.06. The summed E-state index contributed by atoms with van der Waals surface area (Å²) < 4.78 is 0. The molecule has 0 bridgehead atoms. The van der Waals surface area contributed by atoms with E-state index in [1.165, 1.54) is 13.8 Å². The third-order valence-electron chi connectivity index (χ3n) is 4.22. The van der Waals surface area contributed by atoms with Crippen LogP contribution in [-0.4, -0.2) is 39.5 Å². The standard InChI is InChI=1S/C18H24N2O6/c1-4-13(10-12-6-8-14(9-7-12)19-11(3)21)15(22)20-18(5-2,16(23)24)17(25)26/h6-9,13H,4-5,10H2,1-3H3,(H,19,21)(H,20,22)(H,23,24)(H,25,26). The molecule has 142 valence electrons. The molecule has 1 rings (SSSR count). The lowest BCUT2D eigenvalue weighted by molar-refractivity contribution is -0.162. The first-order chi connectivity index (χ1) is 12.2. The fourth-order valence-corrected chi connectivity index (χ4v) is 2.54. The first-order valence-electron chi connectivity index (χ1n) is 8.31. The third kappa shape index (κ3) is 5.05. The van der Waals surface area contributed by atoms with Crippen molar-refractivity contribution in [3.05, 3.63) is 29.8 Å². The Morgan fingerprint density at radius 1 is 1.04 bits per heavy atom. The Balaban J connectivity index is 2.90. The van der Waals surface area contributed by atoms with Crippen molar-refractivity contribution in [2.75, 3.05) is 5.32 Å². The Morgan fingerprint density at radius 2 is 1.58 bits per heavy atom. The summed E-state index contributed by atoms with van der Waals surface area (Å²) in [5, 5.41) is 23.3. The fourth-order valence-electron chi connectivity index (χ4n) is 2.54. The van der Waals surface area contributed by atoms with Gasteiger partial charge in [0.25, 0.3) is 0 Å². The van der Waals surface area contributed by atoms with Crippen molar-refractivity contribution in [1.82, 2.24) is 5.32 Å². The number of benzene rings is 1. The highest BCUT2D eigenvalue weighted by Crippen LogP contribution is 2.18. The van der Waals surface area contributed by atoms with Gasteiger partial charge in [-0.15, -0.1) is 0 Å². The molecule has 8 heteroatoms. The highest BCUT2D eigenvalue weighted by atomic mass is 16.4. The molecule has 8 nitrogen and oxygen atoms in total. The van der Waals surface area contributed by atoms with E-state index < -0.39 is 29.3 Å². The van der Waals surface area contributed by atoms with Crippen LogP contribution in [0.25, 0.3) is 0 Å². The van der Waals surface area contributed by atoms with E-state index >= 15 is 0 Å². The summed E-state index contributed by atoms with van der Waals surface area (Å²) >= 11 is 0. The number of nitrogens with one attached hydrogen (secondary N) is 2. The Morgan fingerprint density at radius 3 is 1.96 bits per heavy atom. The molecule has 1 atom stereocenters. The second-order valence-corrected chi connectivity index (χ2v) is 6.05. The van der Waals surface area contributed by atoms with Crippen LogP contribution in [0.15, 0.2) is 24.3 Å². The lowest BCUT2D eigenvalue weighted by atomic mass is 9.91. The first kappa shape index (κ1) is 21.1. The molecule has 0 spiro atoms. The Bertz CT molecular complexity index is 669. The van der Waals surface area contributed by atoms with Crippen molar-refractivity contribution >= 4 is 29.4 Å². The van der Waals surface area contributed by atoms with E-state index in [1.807, 2.05) is 0 Å². The van der Waals surface area contributed by atoms with Crippen LogP contribution >= 0.6 is 0 Å². The number of carboxylic acid groups (broad SMARTS) is 2. The van der Waals surface area contributed by atoms with Gasteiger partial charge in [-0.25, -0.2) is 9.59 Å². The summed E-state index contributed by atoms with van der Waals surface area (Å²) in [7, 11) is 0. The zero-order valence-electron chi connectivity index (χ0n) is 15.0. The average molecular weight is 364 g/mol. The summed E-state index contributed by atoms with van der Waals surface area (Å²) in [4.78, 5) is 46.3. The average Bonchev–Trinajstić information content (AvgIpc) is 2.57. The summed E-state index contributed by atoms with van der Waals surface area (Å²) in [6, 6.07) is 6.91. The molecule has 4 N–H and O–H groups in total. The van der Waals surface area contributed by atoms with Gasteiger partial charge in [0.2, 0.25) is 17.4 Å². The smallest absolute Gasteiger partial charge is 0.341 e. The molecule has 0 aliphatic heterocycles. The van der Waals surface area contributed by atoms with Gasteiger partial charge in [0, 0.05) is 18.5 Å². The zero-order valence-corrected chi connectivity index (χ0v) is 15.0. The Hall–Kier alpha value is -2.90. The monoisotopic (exact) mass is 364 g/mol. The van der Waals surface area contributed by atoms with E-state index in [1.54, 1.807) is 31.2 Å². The van der Waals surface area contributed by atoms with Crippen LogP contribution < -0.4 is 10.6 Å². The number of aliphatic carboxylic acids is 2. The predicted octanol–water partition coefficient (Wildman–Crippen LogP) is 1.65. The number of hydrogen-bond donors (Lipinski definition) is 4. The molecule has 0 saturated heterocycles. The molecule has 0 aliphatic rings. The third-order valence-corrected chi connectivity index (χ3v) is 4.22. The molecule has 26 heavy (non-hydrogen) atoms. The number of amides is 2. The van der Waals surface area contributed by atoms with E-state index in [0.717, 1.165) is 5.56 Å². The van der Waals surface area contributed by atoms with Crippen molar-refractivity contribution in [3.8, 4) is 0 Å². The molecule has 0 fully saturated rings. The topological polar surface area (TPSA) is 133 Å². The summed E-state index contributed by atoms with van der Waals surface area (Å²) in [5.74, 6) is -4.59. The van der Waals surface area contributed by atoms with Gasteiger partial charge < -0.3 is 20.8 Å². The van der Waals surface area contributed by atoms with E-state index in [4.69, 9.17) is 0 Å². The van der Waals surface area contributed by atoms with Gasteiger partial charge in [-0.1, -0.05) is 26.0 Å². The number of hydrogen-bond acceptors (Lipinski definition) is 4. The maximum atomic E-state index is 12.5. The van der Waals surface area contributed by atoms with Gasteiger partial charge in [-0.05, 0) is 37.0 Å². The van der Waals surface area contributed by atoms with Crippen LogP contribution in [0.5, 0.6) is 0 Å². The quantitative estimate of drug-likeness (QED) is 0.493. The van der Waals surface area contributed by atoms with Gasteiger partial charge in [-0.2, -0.15) is 0 Å². The molecule has 1 aromatic rings. The molecule has 0 heterocycles. The van der Waals surface area contributed by atoms with Gasteiger partial charge in [0.15, 0.2) is 0 Å². The summed E-state index contributed by atoms with van der Waals surface area (Å²) in [6.45, 7) is 4.56. The number of carboxylic acids is 2. The molecule has 0 aromatic heterocycles. The van der Waals surface area contributed by atoms with Gasteiger partial charge >= 0.3 is 11.9 Å². The summed E-state index contributed by atoms with van der Waals surface area (Å²) in [6.07, 6.45) is 0.464. The molecule has 0 aliphatic carbocycles. The SMILES string of the molecule is CCC(Cc1ccc(NC(C)=O)cc1)C(=O)NC(CC)(C(=O)O)C(=O)O. The summed E-state index contributed by atoms with van der Waals surface area (Å²) in [5.41, 5.74) is -0.894. The minimum Gasteiger partial charge on any atom is -0.479 e. The molecule has 2 amide bonds. The Kier molecular flexibility index (Phi) is 7.30. The molecular weight excluding hydrogens is 340 g/mol. The van der Waals surface area contributed by atoms with Crippen molar-refractivity contribution < 1.29 is 29.4 Å². The second kappa shape index (κ2) is 8.98. The van der Waals surface area contributed by atoms with Crippen molar-refractivity contribution in [2.45, 2.75) is 45.6 Å².